The van der Waals surface area contributed by atoms with Crippen molar-refractivity contribution in [2.24, 2.45) is 0 Å². The molecule has 0 radical (unpaired) electrons. The average molecular weight is 269 g/mol. The van der Waals surface area contributed by atoms with Crippen molar-refractivity contribution in [3.8, 4) is 0 Å². The molecule has 2 bridgehead atoms. The van der Waals surface area contributed by atoms with Gasteiger partial charge in [-0.15, -0.1) is 0 Å². The third-order valence-electron chi connectivity index (χ3n) is 5.90. The van der Waals surface area contributed by atoms with Crippen LogP contribution in [0.25, 0.3) is 0 Å². The van der Waals surface area contributed by atoms with Gasteiger partial charge in [0.1, 0.15) is 0 Å². The first kappa shape index (κ1) is 12.4. The van der Waals surface area contributed by atoms with Crippen LogP contribution in [0.1, 0.15) is 68.4 Å². The smallest absolute Gasteiger partial charge is 0.227 e. The number of carbonyl (C=O) groups is 1. The summed E-state index contributed by atoms with van der Waals surface area (Å²) in [5, 5.41) is 3.41. The summed E-state index contributed by atoms with van der Waals surface area (Å²) in [6, 6.07) is 9.16. The third kappa shape index (κ3) is 1.66. The Bertz CT molecular complexity index is 530. The lowest BCUT2D eigenvalue weighted by Crippen LogP contribution is -2.49. The number of carbonyl (C=O) groups excluding carboxylic acids is 1. The molecule has 1 aliphatic carbocycles. The number of nitrogens with one attached hydrogen (secondary N) is 1. The Morgan fingerprint density at radius 3 is 2.65 bits per heavy atom. The molecule has 3 aliphatic rings. The molecule has 2 unspecified atom stereocenters. The monoisotopic (exact) mass is 269 g/mol. The Hall–Kier alpha value is -1.31. The van der Waals surface area contributed by atoms with Gasteiger partial charge in [-0.2, -0.15) is 0 Å². The van der Waals surface area contributed by atoms with E-state index in [1.54, 1.807) is 0 Å². The summed E-state index contributed by atoms with van der Waals surface area (Å²) < 4.78 is 0. The van der Waals surface area contributed by atoms with E-state index in [9.17, 15) is 4.79 Å². The number of hydrogen-bond acceptors (Lipinski definition) is 1. The summed E-state index contributed by atoms with van der Waals surface area (Å²) in [5.74, 6) is 0.375. The first-order valence-electron chi connectivity index (χ1n) is 8.21. The van der Waals surface area contributed by atoms with E-state index in [1.807, 2.05) is 0 Å². The molecular weight excluding hydrogens is 246 g/mol. The van der Waals surface area contributed by atoms with Crippen LogP contribution in [0.2, 0.25) is 0 Å². The van der Waals surface area contributed by atoms with Crippen LogP contribution in [0.15, 0.2) is 24.3 Å². The Balaban J connectivity index is 1.93. The molecule has 2 aliphatic heterocycles. The van der Waals surface area contributed by atoms with E-state index in [2.05, 4.69) is 29.6 Å². The van der Waals surface area contributed by atoms with Gasteiger partial charge in [-0.1, -0.05) is 49.9 Å². The maximum atomic E-state index is 12.6. The second kappa shape index (κ2) is 4.61. The van der Waals surface area contributed by atoms with Crippen molar-refractivity contribution in [1.29, 1.82) is 0 Å². The van der Waals surface area contributed by atoms with Gasteiger partial charge in [0, 0.05) is 11.5 Å². The van der Waals surface area contributed by atoms with Crippen molar-refractivity contribution in [1.82, 2.24) is 5.32 Å². The quantitative estimate of drug-likeness (QED) is 0.765. The van der Waals surface area contributed by atoms with Crippen LogP contribution in [-0.2, 0) is 10.2 Å². The van der Waals surface area contributed by atoms with Crippen LogP contribution >= 0.6 is 0 Å². The van der Waals surface area contributed by atoms with Crippen molar-refractivity contribution in [2.45, 2.75) is 68.7 Å². The van der Waals surface area contributed by atoms with E-state index in [-0.39, 0.29) is 17.2 Å². The summed E-state index contributed by atoms with van der Waals surface area (Å²) in [7, 11) is 0. The van der Waals surface area contributed by atoms with Crippen molar-refractivity contribution in [3.63, 3.8) is 0 Å². The van der Waals surface area contributed by atoms with Crippen LogP contribution in [0, 0.1) is 0 Å². The molecule has 2 heteroatoms. The SMILES string of the molecule is O=C1NC2CCCC1c1ccccc1C21CCCCC1. The summed E-state index contributed by atoms with van der Waals surface area (Å²) in [5.41, 5.74) is 3.04. The Labute approximate surface area is 121 Å². The van der Waals surface area contributed by atoms with Crippen molar-refractivity contribution < 1.29 is 4.79 Å². The summed E-state index contributed by atoms with van der Waals surface area (Å²) >= 11 is 0. The largest absolute Gasteiger partial charge is 0.352 e. The predicted molar refractivity (Wildman–Crippen MR) is 79.7 cm³/mol. The molecule has 1 aromatic carbocycles. The Morgan fingerprint density at radius 2 is 1.80 bits per heavy atom. The summed E-state index contributed by atoms with van der Waals surface area (Å²) in [6.45, 7) is 0. The average Bonchev–Trinajstić information content (AvgIpc) is 2.73. The molecular formula is C18H23NO. The van der Waals surface area contributed by atoms with E-state index in [4.69, 9.17) is 0 Å². The van der Waals surface area contributed by atoms with Crippen molar-refractivity contribution >= 4 is 5.91 Å². The van der Waals surface area contributed by atoms with Crippen LogP contribution in [-0.4, -0.2) is 11.9 Å². The highest BCUT2D eigenvalue weighted by atomic mass is 16.2. The molecule has 0 aromatic heterocycles. The number of amides is 1. The maximum Gasteiger partial charge on any atom is 0.227 e. The highest BCUT2D eigenvalue weighted by Gasteiger charge is 2.48. The first-order chi connectivity index (χ1) is 9.81. The van der Waals surface area contributed by atoms with Gasteiger partial charge in [0.2, 0.25) is 5.91 Å². The molecule has 2 heterocycles. The zero-order chi connectivity index (χ0) is 13.6. The second-order valence-corrected chi connectivity index (χ2v) is 6.85. The van der Waals surface area contributed by atoms with Gasteiger partial charge in [-0.05, 0) is 36.8 Å². The van der Waals surface area contributed by atoms with E-state index < -0.39 is 0 Å². The van der Waals surface area contributed by atoms with Gasteiger partial charge in [0.05, 0.1) is 5.92 Å². The second-order valence-electron chi connectivity index (χ2n) is 6.85. The molecule has 1 N–H and O–H groups in total. The zero-order valence-electron chi connectivity index (χ0n) is 12.0. The van der Waals surface area contributed by atoms with Crippen LogP contribution in [0.4, 0.5) is 0 Å². The van der Waals surface area contributed by atoms with E-state index in [0.29, 0.717) is 6.04 Å². The maximum absolute atomic E-state index is 12.6. The van der Waals surface area contributed by atoms with E-state index in [1.165, 1.54) is 49.7 Å². The molecule has 2 fully saturated rings. The standard InChI is InChI=1S/C18H23NO/c20-17-14-8-6-10-16(19-17)18(11-4-1-5-12-18)15-9-3-2-7-13(14)15/h2-3,7,9,14,16H,1,4-6,8,10-12H2,(H,19,20). The summed E-state index contributed by atoms with van der Waals surface area (Å²) in [6.07, 6.45) is 9.85. The molecule has 1 saturated carbocycles. The van der Waals surface area contributed by atoms with E-state index >= 15 is 0 Å². The fraction of sp³-hybridized carbons (Fsp3) is 0.611. The fourth-order valence-corrected chi connectivity index (χ4v) is 4.96. The minimum atomic E-state index is 0.0949. The molecule has 1 saturated heterocycles. The molecule has 1 aromatic rings. The lowest BCUT2D eigenvalue weighted by Gasteiger charge is -2.44. The highest BCUT2D eigenvalue weighted by Crippen LogP contribution is 2.50. The van der Waals surface area contributed by atoms with E-state index in [0.717, 1.165) is 12.8 Å². The minimum Gasteiger partial charge on any atom is -0.352 e. The summed E-state index contributed by atoms with van der Waals surface area (Å²) in [4.78, 5) is 12.6. The normalized spacial score (nSPS) is 31.3. The third-order valence-corrected chi connectivity index (χ3v) is 5.90. The van der Waals surface area contributed by atoms with Gasteiger partial charge < -0.3 is 5.32 Å². The molecule has 2 nitrogen and oxygen atoms in total. The number of benzene rings is 1. The number of fused-ring (bicyclic) bond motifs is 7. The minimum absolute atomic E-state index is 0.0949. The molecule has 4 rings (SSSR count). The Kier molecular flexibility index (Phi) is 2.87. The first-order valence-corrected chi connectivity index (χ1v) is 8.21. The molecule has 1 spiro atoms. The predicted octanol–water partition coefficient (Wildman–Crippen LogP) is 3.65. The van der Waals surface area contributed by atoms with Crippen molar-refractivity contribution in [2.75, 3.05) is 0 Å². The Morgan fingerprint density at radius 1 is 1.00 bits per heavy atom. The van der Waals surface area contributed by atoms with Gasteiger partial charge >= 0.3 is 0 Å². The van der Waals surface area contributed by atoms with Crippen LogP contribution < -0.4 is 5.32 Å². The molecule has 106 valence electrons. The molecule has 2 atom stereocenters. The number of rotatable bonds is 0. The highest BCUT2D eigenvalue weighted by molar-refractivity contribution is 5.86. The molecule has 1 amide bonds. The lowest BCUT2D eigenvalue weighted by atomic mass is 9.62. The lowest BCUT2D eigenvalue weighted by molar-refractivity contribution is -0.123. The van der Waals surface area contributed by atoms with Gasteiger partial charge in [-0.25, -0.2) is 0 Å². The topological polar surface area (TPSA) is 29.1 Å². The molecule has 20 heavy (non-hydrogen) atoms. The fourth-order valence-electron chi connectivity index (χ4n) is 4.96. The van der Waals surface area contributed by atoms with Crippen LogP contribution in [0.3, 0.4) is 0 Å². The van der Waals surface area contributed by atoms with Gasteiger partial charge in [-0.3, -0.25) is 4.79 Å². The zero-order valence-corrected chi connectivity index (χ0v) is 12.0. The van der Waals surface area contributed by atoms with Crippen LogP contribution in [0.5, 0.6) is 0 Å². The van der Waals surface area contributed by atoms with Gasteiger partial charge in [0.25, 0.3) is 0 Å². The van der Waals surface area contributed by atoms with Crippen molar-refractivity contribution in [3.05, 3.63) is 35.4 Å². The number of hydrogen-bond donors (Lipinski definition) is 1. The van der Waals surface area contributed by atoms with Gasteiger partial charge in [0.15, 0.2) is 0 Å².